The molecule has 6 heteroatoms. The van der Waals surface area contributed by atoms with Gasteiger partial charge in [0.2, 0.25) is 0 Å². The number of carbonyl (C=O) groups excluding carboxylic acids is 1. The van der Waals surface area contributed by atoms with Crippen molar-refractivity contribution in [1.82, 2.24) is 5.32 Å². The van der Waals surface area contributed by atoms with E-state index in [1.165, 1.54) is 23.0 Å². The van der Waals surface area contributed by atoms with Crippen LogP contribution in [-0.4, -0.2) is 22.7 Å². The highest BCUT2D eigenvalue weighted by Gasteiger charge is 2.37. The number of amides is 1. The Morgan fingerprint density at radius 3 is 2.72 bits per heavy atom. The van der Waals surface area contributed by atoms with Gasteiger partial charge in [-0.2, -0.15) is 0 Å². The van der Waals surface area contributed by atoms with Crippen LogP contribution in [0.2, 0.25) is 5.02 Å². The Bertz CT molecular complexity index is 1140. The van der Waals surface area contributed by atoms with Gasteiger partial charge in [0.25, 0.3) is 5.91 Å². The maximum Gasteiger partial charge on any atom is 0.264 e. The molecular formula is C26H30ClN3OS. The topological polar surface area (TPSA) is 44.7 Å². The quantitative estimate of drug-likeness (QED) is 0.492. The van der Waals surface area contributed by atoms with Crippen molar-refractivity contribution in [3.8, 4) is 0 Å². The average molecular weight is 468 g/mol. The van der Waals surface area contributed by atoms with Gasteiger partial charge in [-0.05, 0) is 106 Å². The van der Waals surface area contributed by atoms with E-state index < -0.39 is 0 Å². The van der Waals surface area contributed by atoms with Crippen molar-refractivity contribution in [3.63, 3.8) is 0 Å². The van der Waals surface area contributed by atoms with Gasteiger partial charge >= 0.3 is 0 Å². The van der Waals surface area contributed by atoms with Gasteiger partial charge in [0.15, 0.2) is 5.17 Å². The van der Waals surface area contributed by atoms with Crippen LogP contribution in [-0.2, 0) is 4.79 Å². The van der Waals surface area contributed by atoms with Gasteiger partial charge in [-0.15, -0.1) is 0 Å². The molecule has 4 nitrogen and oxygen atoms in total. The number of hydrogen-bond donors (Lipinski definition) is 1. The molecule has 1 atom stereocenters. The molecule has 0 spiro atoms. The summed E-state index contributed by atoms with van der Waals surface area (Å²) in [5.41, 5.74) is 5.58. The first-order valence-corrected chi connectivity index (χ1v) is 12.2. The van der Waals surface area contributed by atoms with Crippen LogP contribution in [0.3, 0.4) is 0 Å². The highest BCUT2D eigenvalue weighted by atomic mass is 35.5. The van der Waals surface area contributed by atoms with Crippen LogP contribution in [0.5, 0.6) is 0 Å². The molecule has 0 aliphatic carbocycles. The molecule has 2 aliphatic heterocycles. The van der Waals surface area contributed by atoms with E-state index >= 15 is 0 Å². The van der Waals surface area contributed by atoms with Gasteiger partial charge in [0.1, 0.15) is 0 Å². The van der Waals surface area contributed by atoms with Crippen molar-refractivity contribution in [2.75, 3.05) is 4.90 Å². The molecule has 0 aromatic heterocycles. The van der Waals surface area contributed by atoms with Crippen molar-refractivity contribution in [2.24, 2.45) is 4.99 Å². The number of benzene rings is 2. The molecule has 2 aliphatic rings. The lowest BCUT2D eigenvalue weighted by Gasteiger charge is -2.50. The van der Waals surface area contributed by atoms with Gasteiger partial charge in [-0.25, -0.2) is 4.99 Å². The van der Waals surface area contributed by atoms with Crippen molar-refractivity contribution in [3.05, 3.63) is 63.0 Å². The van der Waals surface area contributed by atoms with E-state index in [1.54, 1.807) is 0 Å². The smallest absolute Gasteiger partial charge is 0.264 e. The number of rotatable bonds is 3. The molecule has 4 rings (SSSR count). The van der Waals surface area contributed by atoms with Crippen LogP contribution < -0.4 is 10.2 Å². The van der Waals surface area contributed by atoms with Crippen LogP contribution in [0, 0.1) is 6.92 Å². The number of amidine groups is 1. The lowest BCUT2D eigenvalue weighted by molar-refractivity contribution is -0.115. The second-order valence-electron chi connectivity index (χ2n) is 9.61. The highest BCUT2D eigenvalue weighted by molar-refractivity contribution is 8.18. The molecule has 0 saturated carbocycles. The van der Waals surface area contributed by atoms with E-state index in [0.29, 0.717) is 27.1 Å². The van der Waals surface area contributed by atoms with Crippen molar-refractivity contribution >= 4 is 51.9 Å². The summed E-state index contributed by atoms with van der Waals surface area (Å²) in [6, 6.07) is 12.6. The third kappa shape index (κ3) is 4.46. The zero-order chi connectivity index (χ0) is 23.2. The van der Waals surface area contributed by atoms with E-state index in [-0.39, 0.29) is 11.4 Å². The molecule has 1 amide bonds. The number of nitrogens with one attached hydrogen (secondary N) is 1. The van der Waals surface area contributed by atoms with Gasteiger partial charge < -0.3 is 10.2 Å². The van der Waals surface area contributed by atoms with Crippen LogP contribution in [0.1, 0.15) is 63.6 Å². The van der Waals surface area contributed by atoms with Crippen LogP contribution in [0.4, 0.5) is 11.4 Å². The summed E-state index contributed by atoms with van der Waals surface area (Å²) in [6.07, 6.45) is 3.06. The molecule has 1 saturated heterocycles. The minimum atomic E-state index is -0.121. The zero-order valence-electron chi connectivity index (χ0n) is 19.5. The number of nitrogens with zero attached hydrogens (tertiary/aromatic N) is 2. The highest BCUT2D eigenvalue weighted by Crippen LogP contribution is 2.45. The van der Waals surface area contributed by atoms with Gasteiger partial charge in [0.05, 0.1) is 10.6 Å². The number of anilines is 1. The van der Waals surface area contributed by atoms with Crippen LogP contribution in [0.15, 0.2) is 46.3 Å². The second kappa shape index (κ2) is 8.60. The third-order valence-electron chi connectivity index (χ3n) is 6.16. The predicted molar refractivity (Wildman–Crippen MR) is 138 cm³/mol. The van der Waals surface area contributed by atoms with E-state index in [0.717, 1.165) is 23.2 Å². The first kappa shape index (κ1) is 22.9. The summed E-state index contributed by atoms with van der Waals surface area (Å²) < 4.78 is 0. The Kier molecular flexibility index (Phi) is 6.17. The Morgan fingerprint density at radius 1 is 1.25 bits per heavy atom. The lowest BCUT2D eigenvalue weighted by Crippen LogP contribution is -2.51. The fraction of sp³-hybridized carbons (Fsp3) is 0.385. The van der Waals surface area contributed by atoms with Crippen molar-refractivity contribution in [2.45, 2.75) is 65.5 Å². The summed E-state index contributed by atoms with van der Waals surface area (Å²) in [7, 11) is 0. The van der Waals surface area contributed by atoms with E-state index in [4.69, 9.17) is 11.6 Å². The van der Waals surface area contributed by atoms with E-state index in [2.05, 4.69) is 68.0 Å². The van der Waals surface area contributed by atoms with E-state index in [9.17, 15) is 4.79 Å². The zero-order valence-corrected chi connectivity index (χ0v) is 21.1. The van der Waals surface area contributed by atoms with Crippen molar-refractivity contribution in [1.29, 1.82) is 0 Å². The average Bonchev–Trinajstić information content (AvgIpc) is 3.03. The number of thioether (sulfide) groups is 1. The Hall–Kier alpha value is -2.24. The standard InChI is InChI=1S/C26H30ClN3OS/c1-15(2)30-22-10-8-18(11-20(22)17(4)14-26(30,5)6)12-23-24(31)29-25(32-23)28-21-13-19(27)9-7-16(21)3/h7-13,15,17H,14H2,1-6H3,(H,28,29,31)/b23-12-/t17-/m1/s1. The summed E-state index contributed by atoms with van der Waals surface area (Å²) in [6.45, 7) is 13.4. The van der Waals surface area contributed by atoms with Crippen molar-refractivity contribution < 1.29 is 4.79 Å². The SMILES string of the molecule is Cc1ccc(Cl)cc1N=C1NC(=O)/C(=C/c2ccc3c(c2)[C@H](C)CC(C)(C)N3C(C)C)S1. The summed E-state index contributed by atoms with van der Waals surface area (Å²) >= 11 is 7.47. The molecule has 32 heavy (non-hydrogen) atoms. The number of fused-ring (bicyclic) bond motifs is 1. The molecule has 0 unspecified atom stereocenters. The maximum atomic E-state index is 12.6. The molecule has 2 heterocycles. The van der Waals surface area contributed by atoms with Gasteiger partial charge in [0, 0.05) is 22.3 Å². The Labute approximate surface area is 200 Å². The molecular weight excluding hydrogens is 438 g/mol. The molecule has 2 aromatic rings. The first-order valence-electron chi connectivity index (χ1n) is 11.0. The summed E-state index contributed by atoms with van der Waals surface area (Å²) in [4.78, 5) is 20.4. The minimum Gasteiger partial charge on any atom is -0.364 e. The summed E-state index contributed by atoms with van der Waals surface area (Å²) in [5, 5.41) is 4.08. The van der Waals surface area contributed by atoms with Gasteiger partial charge in [-0.3, -0.25) is 4.79 Å². The van der Waals surface area contributed by atoms with E-state index in [1.807, 2.05) is 31.2 Å². The number of aryl methyl sites for hydroxylation is 1. The van der Waals surface area contributed by atoms with Gasteiger partial charge in [-0.1, -0.05) is 30.7 Å². The summed E-state index contributed by atoms with van der Waals surface area (Å²) in [5.74, 6) is 0.338. The molecule has 168 valence electrons. The minimum absolute atomic E-state index is 0.117. The molecule has 1 N–H and O–H groups in total. The Balaban J connectivity index is 1.64. The molecule has 1 fully saturated rings. The number of aliphatic imine (C=N–C) groups is 1. The normalized spacial score (nSPS) is 22.6. The second-order valence-corrected chi connectivity index (χ2v) is 11.1. The van der Waals surface area contributed by atoms with Crippen LogP contribution >= 0.6 is 23.4 Å². The number of hydrogen-bond acceptors (Lipinski definition) is 4. The molecule has 0 radical (unpaired) electrons. The monoisotopic (exact) mass is 467 g/mol. The number of halogens is 1. The lowest BCUT2D eigenvalue weighted by atomic mass is 9.79. The Morgan fingerprint density at radius 2 is 2.00 bits per heavy atom. The number of carbonyl (C=O) groups is 1. The fourth-order valence-electron chi connectivity index (χ4n) is 4.98. The molecule has 2 aromatic carbocycles. The maximum absolute atomic E-state index is 12.6. The predicted octanol–water partition coefficient (Wildman–Crippen LogP) is 7.04. The third-order valence-corrected chi connectivity index (χ3v) is 7.30. The largest absolute Gasteiger partial charge is 0.364 e. The molecule has 0 bridgehead atoms. The fourth-order valence-corrected chi connectivity index (χ4v) is 5.98. The first-order chi connectivity index (χ1) is 15.0. The van der Waals surface area contributed by atoms with Crippen LogP contribution in [0.25, 0.3) is 6.08 Å².